The molecule has 2 aliphatic heterocycles. The van der Waals surface area contributed by atoms with Crippen molar-refractivity contribution in [2.24, 2.45) is 4.99 Å². The normalized spacial score (nSPS) is 17.3. The summed E-state index contributed by atoms with van der Waals surface area (Å²) in [5.41, 5.74) is 3.27. The Kier molecular flexibility index (Phi) is 8.78. The molecule has 38 heavy (non-hydrogen) atoms. The number of nitrogens with zero attached hydrogens (tertiary/aromatic N) is 2. The number of fused-ring (bicyclic) bond motifs is 1. The van der Waals surface area contributed by atoms with Crippen molar-refractivity contribution in [3.63, 3.8) is 0 Å². The highest BCUT2D eigenvalue weighted by Crippen LogP contribution is 2.48. The Hall–Kier alpha value is -3.72. The maximum Gasteiger partial charge on any atom is 0.338 e. The molecule has 0 spiro atoms. The Morgan fingerprint density at radius 1 is 1.08 bits per heavy atom. The Morgan fingerprint density at radius 3 is 2.47 bits per heavy atom. The Morgan fingerprint density at radius 2 is 1.82 bits per heavy atom. The summed E-state index contributed by atoms with van der Waals surface area (Å²) in [6.07, 6.45) is 0.983. The maximum absolute atomic E-state index is 13.6. The molecule has 9 heteroatoms. The quantitative estimate of drug-likeness (QED) is 0.414. The fourth-order valence-corrected chi connectivity index (χ4v) is 5.34. The molecule has 2 unspecified atom stereocenters. The van der Waals surface area contributed by atoms with Gasteiger partial charge in [0.2, 0.25) is 5.91 Å². The number of hydrogen-bond donors (Lipinski definition) is 1. The largest absolute Gasteiger partial charge is 0.493 e. The van der Waals surface area contributed by atoms with Crippen LogP contribution in [0.2, 0.25) is 0 Å². The minimum Gasteiger partial charge on any atom is -0.493 e. The standard InChI is InChI=1S/C29H33N3O5S/c1-6-18(3)30-24(33)16-21-17-38-29-31-26(19-11-9-8-10-12-19)25(28(34)37-7-2)27(32(21)29)20-13-14-22(35-4)23(15-20)36-5/h8-15,17-18,27H,6-7,16H2,1-5H3,(H,30,33). The number of amides is 1. The number of benzene rings is 2. The maximum atomic E-state index is 13.6. The molecule has 0 radical (unpaired) electrons. The summed E-state index contributed by atoms with van der Waals surface area (Å²) < 4.78 is 16.6. The van der Waals surface area contributed by atoms with Gasteiger partial charge in [-0.2, -0.15) is 0 Å². The summed E-state index contributed by atoms with van der Waals surface area (Å²) in [4.78, 5) is 33.4. The number of carbonyl (C=O) groups is 2. The van der Waals surface area contributed by atoms with Crippen LogP contribution in [0.25, 0.3) is 5.70 Å². The van der Waals surface area contributed by atoms with E-state index in [1.54, 1.807) is 21.1 Å². The van der Waals surface area contributed by atoms with Crippen molar-refractivity contribution in [3.05, 3.63) is 76.3 Å². The Labute approximate surface area is 227 Å². The lowest BCUT2D eigenvalue weighted by Crippen LogP contribution is -2.39. The molecule has 0 aliphatic carbocycles. The number of hydrogen-bond acceptors (Lipinski definition) is 8. The summed E-state index contributed by atoms with van der Waals surface area (Å²) in [6, 6.07) is 14.6. The van der Waals surface area contributed by atoms with Crippen molar-refractivity contribution in [1.82, 2.24) is 10.2 Å². The summed E-state index contributed by atoms with van der Waals surface area (Å²) in [5.74, 6) is 0.555. The molecule has 2 atom stereocenters. The topological polar surface area (TPSA) is 89.5 Å². The SMILES string of the molecule is CCOC(=O)C1=C(c2ccccc2)N=C2SC=C(CC(=O)NC(C)CC)N2C1c1ccc(OC)c(OC)c1. The van der Waals surface area contributed by atoms with E-state index in [4.69, 9.17) is 19.2 Å². The summed E-state index contributed by atoms with van der Waals surface area (Å²) in [6.45, 7) is 6.00. The van der Waals surface area contributed by atoms with E-state index in [0.29, 0.717) is 27.9 Å². The molecule has 8 nitrogen and oxygen atoms in total. The minimum atomic E-state index is -0.603. The van der Waals surface area contributed by atoms with Crippen LogP contribution in [0.1, 0.15) is 50.8 Å². The van der Waals surface area contributed by atoms with Gasteiger partial charge >= 0.3 is 5.97 Å². The number of thioether (sulfide) groups is 1. The molecule has 2 aromatic carbocycles. The second-order valence-corrected chi connectivity index (χ2v) is 9.75. The van der Waals surface area contributed by atoms with Crippen LogP contribution in [-0.4, -0.2) is 48.8 Å². The lowest BCUT2D eigenvalue weighted by molar-refractivity contribution is -0.139. The van der Waals surface area contributed by atoms with Gasteiger partial charge in [-0.05, 0) is 43.4 Å². The van der Waals surface area contributed by atoms with E-state index < -0.39 is 12.0 Å². The van der Waals surface area contributed by atoms with Gasteiger partial charge < -0.3 is 24.4 Å². The highest BCUT2D eigenvalue weighted by Gasteiger charge is 2.42. The van der Waals surface area contributed by atoms with Crippen LogP contribution < -0.4 is 14.8 Å². The van der Waals surface area contributed by atoms with Crippen LogP contribution in [-0.2, 0) is 14.3 Å². The van der Waals surface area contributed by atoms with Crippen molar-refractivity contribution in [2.45, 2.75) is 45.7 Å². The van der Waals surface area contributed by atoms with Crippen LogP contribution in [0.4, 0.5) is 0 Å². The van der Waals surface area contributed by atoms with Crippen molar-refractivity contribution < 1.29 is 23.8 Å². The van der Waals surface area contributed by atoms with Gasteiger partial charge in [0.15, 0.2) is 16.7 Å². The predicted octanol–water partition coefficient (Wildman–Crippen LogP) is 5.28. The average Bonchev–Trinajstić information content (AvgIpc) is 3.33. The van der Waals surface area contributed by atoms with E-state index in [1.807, 2.05) is 72.7 Å². The molecule has 1 amide bonds. The zero-order valence-electron chi connectivity index (χ0n) is 22.3. The van der Waals surface area contributed by atoms with Gasteiger partial charge in [0.25, 0.3) is 0 Å². The lowest BCUT2D eigenvalue weighted by Gasteiger charge is -2.37. The highest BCUT2D eigenvalue weighted by atomic mass is 32.2. The van der Waals surface area contributed by atoms with E-state index in [1.165, 1.54) is 11.8 Å². The van der Waals surface area contributed by atoms with Crippen LogP contribution >= 0.6 is 11.8 Å². The van der Waals surface area contributed by atoms with E-state index in [-0.39, 0.29) is 25.0 Å². The first-order chi connectivity index (χ1) is 18.4. The molecule has 2 aliphatic rings. The smallest absolute Gasteiger partial charge is 0.338 e. The van der Waals surface area contributed by atoms with Crippen LogP contribution in [0, 0.1) is 0 Å². The minimum absolute atomic E-state index is 0.0629. The highest BCUT2D eigenvalue weighted by molar-refractivity contribution is 8.16. The number of rotatable bonds is 10. The first-order valence-corrected chi connectivity index (χ1v) is 13.5. The predicted molar refractivity (Wildman–Crippen MR) is 150 cm³/mol. The number of carbonyl (C=O) groups excluding carboxylic acids is 2. The fraction of sp³-hybridized carbons (Fsp3) is 0.345. The zero-order chi connectivity index (χ0) is 27.2. The molecule has 0 saturated carbocycles. The third-order valence-corrected chi connectivity index (χ3v) is 7.33. The second-order valence-electron chi connectivity index (χ2n) is 8.91. The molecule has 0 bridgehead atoms. The van der Waals surface area contributed by atoms with Gasteiger partial charge in [0, 0.05) is 17.3 Å². The van der Waals surface area contributed by atoms with Gasteiger partial charge in [0.05, 0.1) is 44.6 Å². The van der Waals surface area contributed by atoms with Gasteiger partial charge in [-0.25, -0.2) is 9.79 Å². The molecule has 0 aromatic heterocycles. The van der Waals surface area contributed by atoms with Gasteiger partial charge in [-0.1, -0.05) is 55.1 Å². The molecular formula is C29H33N3O5S. The monoisotopic (exact) mass is 535 g/mol. The van der Waals surface area contributed by atoms with E-state index in [2.05, 4.69) is 5.32 Å². The third-order valence-electron chi connectivity index (χ3n) is 6.44. The number of methoxy groups -OCH3 is 2. The molecule has 0 fully saturated rings. The van der Waals surface area contributed by atoms with Crippen LogP contribution in [0.5, 0.6) is 11.5 Å². The summed E-state index contributed by atoms with van der Waals surface area (Å²) in [5, 5.41) is 5.65. The average molecular weight is 536 g/mol. The van der Waals surface area contributed by atoms with Crippen molar-refractivity contribution in [3.8, 4) is 11.5 Å². The molecule has 2 aromatic rings. The van der Waals surface area contributed by atoms with Crippen LogP contribution in [0.15, 0.2) is 70.2 Å². The lowest BCUT2D eigenvalue weighted by atomic mass is 9.91. The van der Waals surface area contributed by atoms with Crippen molar-refractivity contribution in [2.75, 3.05) is 20.8 Å². The first kappa shape index (κ1) is 27.3. The van der Waals surface area contributed by atoms with Gasteiger partial charge in [-0.15, -0.1) is 0 Å². The van der Waals surface area contributed by atoms with E-state index in [0.717, 1.165) is 23.2 Å². The summed E-state index contributed by atoms with van der Waals surface area (Å²) >= 11 is 1.43. The van der Waals surface area contributed by atoms with E-state index >= 15 is 0 Å². The molecule has 4 rings (SSSR count). The number of ether oxygens (including phenoxy) is 3. The number of esters is 1. The van der Waals surface area contributed by atoms with Gasteiger partial charge in [-0.3, -0.25) is 4.79 Å². The Balaban J connectivity index is 1.88. The third kappa shape index (κ3) is 5.57. The summed E-state index contributed by atoms with van der Waals surface area (Å²) in [7, 11) is 3.15. The number of amidine groups is 1. The van der Waals surface area contributed by atoms with Crippen molar-refractivity contribution >= 4 is 34.5 Å². The molecule has 2 heterocycles. The fourth-order valence-electron chi connectivity index (χ4n) is 4.42. The van der Waals surface area contributed by atoms with Crippen LogP contribution in [0.3, 0.4) is 0 Å². The molecule has 1 N–H and O–H groups in total. The second kappa shape index (κ2) is 12.2. The first-order valence-electron chi connectivity index (χ1n) is 12.6. The molecule has 0 saturated heterocycles. The number of aliphatic imine (C=N–C) groups is 1. The zero-order valence-corrected chi connectivity index (χ0v) is 23.1. The van der Waals surface area contributed by atoms with Gasteiger partial charge in [0.1, 0.15) is 0 Å². The van der Waals surface area contributed by atoms with E-state index in [9.17, 15) is 9.59 Å². The van der Waals surface area contributed by atoms with Crippen molar-refractivity contribution in [1.29, 1.82) is 0 Å². The number of nitrogens with one attached hydrogen (secondary N) is 1. The molecule has 200 valence electrons. The Bertz CT molecular complexity index is 1290. The molecular weight excluding hydrogens is 502 g/mol.